The van der Waals surface area contributed by atoms with E-state index in [0.29, 0.717) is 22.7 Å². The summed E-state index contributed by atoms with van der Waals surface area (Å²) in [6.07, 6.45) is 1.83. The van der Waals surface area contributed by atoms with E-state index in [2.05, 4.69) is 27.7 Å². The van der Waals surface area contributed by atoms with Gasteiger partial charge in [-0.25, -0.2) is 4.79 Å². The lowest BCUT2D eigenvalue weighted by atomic mass is 9.83. The molecule has 0 amide bonds. The van der Waals surface area contributed by atoms with E-state index in [0.717, 1.165) is 18.4 Å². The first-order valence-electron chi connectivity index (χ1n) is 9.48. The third-order valence-electron chi connectivity index (χ3n) is 4.57. The Morgan fingerprint density at radius 1 is 1.00 bits per heavy atom. The van der Waals surface area contributed by atoms with Crippen LogP contribution in [0.25, 0.3) is 0 Å². The van der Waals surface area contributed by atoms with Gasteiger partial charge in [-0.1, -0.05) is 56.5 Å². The average Bonchev–Trinajstić information content (AvgIpc) is 2.65. The molecule has 0 heterocycles. The fourth-order valence-electron chi connectivity index (χ4n) is 3.65. The van der Waals surface area contributed by atoms with Crippen LogP contribution in [-0.2, 0) is 11.0 Å². The molecule has 150 valence electrons. The maximum Gasteiger partial charge on any atom is 0.459 e. The predicted octanol–water partition coefficient (Wildman–Crippen LogP) is 5.61. The van der Waals surface area contributed by atoms with E-state index >= 15 is 0 Å². The highest BCUT2D eigenvalue weighted by Crippen LogP contribution is 2.38. The Hall–Kier alpha value is -2.19. The molecule has 0 aromatic heterocycles. The van der Waals surface area contributed by atoms with E-state index in [1.165, 1.54) is 14.2 Å². The number of carbonyl (C=O) groups excluding carboxylic acids is 1. The molecule has 0 saturated heterocycles. The first-order chi connectivity index (χ1) is 13.2. The Kier molecular flexibility index (Phi) is 7.37. The highest BCUT2D eigenvalue weighted by molar-refractivity contribution is 7.71. The molecule has 0 aliphatic heterocycles. The summed E-state index contributed by atoms with van der Waals surface area (Å²) < 4.78 is 23.9. The van der Waals surface area contributed by atoms with Crippen LogP contribution in [0.1, 0.15) is 50.0 Å². The van der Waals surface area contributed by atoms with Crippen molar-refractivity contribution >= 4 is 18.6 Å². The topological polar surface area (TPSA) is 52.6 Å². The van der Waals surface area contributed by atoms with Gasteiger partial charge in [0.05, 0.1) is 14.2 Å². The minimum absolute atomic E-state index is 0.219. The van der Waals surface area contributed by atoms with Gasteiger partial charge in [0.25, 0.3) is 0 Å². The van der Waals surface area contributed by atoms with Gasteiger partial charge in [-0.3, -0.25) is 0 Å². The number of ether oxygens (including phenoxy) is 2. The van der Waals surface area contributed by atoms with Crippen LogP contribution in [-0.4, -0.2) is 19.7 Å². The second-order valence-electron chi connectivity index (χ2n) is 8.34. The Morgan fingerprint density at radius 2 is 1.57 bits per heavy atom. The third-order valence-corrected chi connectivity index (χ3v) is 6.03. The summed E-state index contributed by atoms with van der Waals surface area (Å²) in [6, 6.07) is 12.6. The van der Waals surface area contributed by atoms with E-state index in [-0.39, 0.29) is 11.0 Å². The molecule has 5 heteroatoms. The molecule has 0 radical (unpaired) electrons. The molecule has 0 N–H and O–H groups in total. The molecule has 0 fully saturated rings. The lowest BCUT2D eigenvalue weighted by Crippen LogP contribution is -2.17. The number of benzene rings is 2. The van der Waals surface area contributed by atoms with Gasteiger partial charge in [0.15, 0.2) is 5.56 Å². The molecule has 2 unspecified atom stereocenters. The number of hydrogen-bond acceptors (Lipinski definition) is 4. The van der Waals surface area contributed by atoms with Crippen LogP contribution in [0.2, 0.25) is 0 Å². The first-order valence-corrected chi connectivity index (χ1v) is 10.7. The quantitative estimate of drug-likeness (QED) is 0.540. The second-order valence-corrected chi connectivity index (χ2v) is 9.82. The zero-order valence-corrected chi connectivity index (χ0v) is 18.5. The van der Waals surface area contributed by atoms with Crippen LogP contribution in [0.3, 0.4) is 0 Å². The molecule has 4 nitrogen and oxygen atoms in total. The molecular weight excluding hydrogens is 371 g/mol. The summed E-state index contributed by atoms with van der Waals surface area (Å²) in [6.45, 7) is 8.84. The van der Waals surface area contributed by atoms with Crippen LogP contribution in [0, 0.1) is 11.3 Å². The fraction of sp³-hybridized carbons (Fsp3) is 0.435. The van der Waals surface area contributed by atoms with Gasteiger partial charge in [0, 0.05) is 5.56 Å². The van der Waals surface area contributed by atoms with Gasteiger partial charge in [-0.05, 0) is 42.4 Å². The smallest absolute Gasteiger partial charge is 0.459 e. The Balaban J connectivity index is 2.37. The highest BCUT2D eigenvalue weighted by Gasteiger charge is 2.39. The summed E-state index contributed by atoms with van der Waals surface area (Å²) in [5.74, 6) is 1.15. The molecule has 2 aromatic rings. The zero-order chi connectivity index (χ0) is 20.9. The van der Waals surface area contributed by atoms with Crippen molar-refractivity contribution in [2.24, 2.45) is 11.3 Å². The molecule has 0 saturated carbocycles. The standard InChI is InChI=1S/C23H30O4P/c1-16(15-23(2,3)4)14-17-10-7-8-13-20(17)28(25)22(24)21-18(26-5)11-9-12-19(21)27-6/h7-13,16H,14-15H2,1-6H3/q+1. The van der Waals surface area contributed by atoms with Crippen LogP contribution in [0.5, 0.6) is 11.5 Å². The summed E-state index contributed by atoms with van der Waals surface area (Å²) in [5.41, 5.74) is 0.936. The van der Waals surface area contributed by atoms with Crippen LogP contribution in [0.4, 0.5) is 0 Å². The predicted molar refractivity (Wildman–Crippen MR) is 114 cm³/mol. The Labute approximate surface area is 169 Å². The van der Waals surface area contributed by atoms with Gasteiger partial charge >= 0.3 is 13.3 Å². The minimum Gasteiger partial charge on any atom is -0.496 e. The highest BCUT2D eigenvalue weighted by atomic mass is 31.1. The molecule has 2 rings (SSSR count). The third kappa shape index (κ3) is 5.42. The van der Waals surface area contributed by atoms with Crippen molar-refractivity contribution in [2.75, 3.05) is 14.2 Å². The first kappa shape index (κ1) is 22.1. The average molecular weight is 401 g/mol. The van der Waals surface area contributed by atoms with Gasteiger partial charge in [-0.15, -0.1) is 0 Å². The maximum absolute atomic E-state index is 13.3. The lowest BCUT2D eigenvalue weighted by molar-refractivity contribution is 0.107. The van der Waals surface area contributed by atoms with Crippen molar-refractivity contribution in [3.63, 3.8) is 0 Å². The Morgan fingerprint density at radius 3 is 2.11 bits per heavy atom. The van der Waals surface area contributed by atoms with E-state index in [9.17, 15) is 9.36 Å². The number of carbonyl (C=O) groups is 1. The summed E-state index contributed by atoms with van der Waals surface area (Å²) >= 11 is 0. The van der Waals surface area contributed by atoms with Gasteiger partial charge < -0.3 is 9.47 Å². The van der Waals surface area contributed by atoms with Crippen molar-refractivity contribution < 1.29 is 18.8 Å². The summed E-state index contributed by atoms with van der Waals surface area (Å²) in [5, 5.41) is 0.594. The molecule has 0 spiro atoms. The molecule has 0 bridgehead atoms. The van der Waals surface area contributed by atoms with E-state index < -0.39 is 13.3 Å². The van der Waals surface area contributed by atoms with Crippen LogP contribution < -0.4 is 14.8 Å². The van der Waals surface area contributed by atoms with Crippen molar-refractivity contribution in [2.45, 2.75) is 40.5 Å². The minimum atomic E-state index is -2.29. The molecular formula is C23H30O4P+. The second kappa shape index (κ2) is 9.34. The SMILES string of the molecule is COc1cccc(OC)c1C(=O)[P+](=O)c1ccccc1CC(C)CC(C)(C)C. The zero-order valence-electron chi connectivity index (χ0n) is 17.6. The summed E-state index contributed by atoms with van der Waals surface area (Å²) in [7, 11) is 0.683. The van der Waals surface area contributed by atoms with Crippen molar-refractivity contribution in [1.29, 1.82) is 0 Å². The van der Waals surface area contributed by atoms with Gasteiger partial charge in [-0.2, -0.15) is 0 Å². The molecule has 2 atom stereocenters. The number of methoxy groups -OCH3 is 2. The van der Waals surface area contributed by atoms with Crippen molar-refractivity contribution in [1.82, 2.24) is 0 Å². The molecule has 28 heavy (non-hydrogen) atoms. The van der Waals surface area contributed by atoms with Crippen molar-refractivity contribution in [3.05, 3.63) is 53.6 Å². The van der Waals surface area contributed by atoms with Gasteiger partial charge in [0.2, 0.25) is 5.30 Å². The normalized spacial score (nSPS) is 13.0. The van der Waals surface area contributed by atoms with E-state index in [1.54, 1.807) is 24.3 Å². The molecule has 2 aromatic carbocycles. The van der Waals surface area contributed by atoms with E-state index in [1.807, 2.05) is 18.2 Å². The van der Waals surface area contributed by atoms with Crippen LogP contribution >= 0.6 is 7.80 Å². The Bertz CT molecular complexity index is 830. The fourth-order valence-corrected chi connectivity index (χ4v) is 4.94. The molecule has 0 aliphatic carbocycles. The number of rotatable bonds is 8. The monoisotopic (exact) mass is 401 g/mol. The number of hydrogen-bond donors (Lipinski definition) is 0. The van der Waals surface area contributed by atoms with Crippen molar-refractivity contribution in [3.8, 4) is 11.5 Å². The van der Waals surface area contributed by atoms with Gasteiger partial charge in [0.1, 0.15) is 11.5 Å². The lowest BCUT2D eigenvalue weighted by Gasteiger charge is -2.23. The molecule has 0 aliphatic rings. The van der Waals surface area contributed by atoms with Crippen LogP contribution in [0.15, 0.2) is 42.5 Å². The largest absolute Gasteiger partial charge is 0.496 e. The summed E-state index contributed by atoms with van der Waals surface area (Å²) in [4.78, 5) is 13.1. The van der Waals surface area contributed by atoms with E-state index in [4.69, 9.17) is 9.47 Å². The maximum atomic E-state index is 13.3.